The number of rotatable bonds is 5. The molecule has 1 aromatic rings. The van der Waals surface area contributed by atoms with E-state index < -0.39 is 0 Å². The van der Waals surface area contributed by atoms with Crippen LogP contribution >= 0.6 is 0 Å². The summed E-state index contributed by atoms with van der Waals surface area (Å²) in [7, 11) is 1.89. The molecule has 1 saturated heterocycles. The van der Waals surface area contributed by atoms with Gasteiger partial charge in [0.15, 0.2) is 6.29 Å². The van der Waals surface area contributed by atoms with E-state index in [0.29, 0.717) is 19.6 Å². The zero-order chi connectivity index (χ0) is 11.4. The van der Waals surface area contributed by atoms with Crippen molar-refractivity contribution in [3.05, 3.63) is 18.0 Å². The number of hydrogen-bond acceptors (Lipinski definition) is 4. The molecule has 2 heterocycles. The van der Waals surface area contributed by atoms with Crippen LogP contribution in [0, 0.1) is 0 Å². The zero-order valence-electron chi connectivity index (χ0n) is 9.50. The maximum absolute atomic E-state index is 9.79. The first-order valence-electron chi connectivity index (χ1n) is 5.63. The number of nitrogens with zero attached hydrogens (tertiary/aromatic N) is 2. The van der Waals surface area contributed by atoms with E-state index in [4.69, 9.17) is 9.47 Å². The van der Waals surface area contributed by atoms with Crippen LogP contribution in [0.15, 0.2) is 12.4 Å². The molecule has 0 aromatic carbocycles. The second-order valence-electron chi connectivity index (χ2n) is 4.12. The zero-order valence-corrected chi connectivity index (χ0v) is 9.50. The maximum atomic E-state index is 9.79. The summed E-state index contributed by atoms with van der Waals surface area (Å²) in [6.07, 6.45) is 5.31. The summed E-state index contributed by atoms with van der Waals surface area (Å²) in [5.74, 6) is 0. The predicted molar refractivity (Wildman–Crippen MR) is 57.8 cm³/mol. The van der Waals surface area contributed by atoms with Gasteiger partial charge in [0, 0.05) is 19.7 Å². The molecule has 0 radical (unpaired) electrons. The summed E-state index contributed by atoms with van der Waals surface area (Å²) >= 11 is 0. The van der Waals surface area contributed by atoms with E-state index in [1.807, 2.05) is 19.4 Å². The summed E-state index contributed by atoms with van der Waals surface area (Å²) in [6.45, 7) is 1.28. The van der Waals surface area contributed by atoms with Gasteiger partial charge in [-0.15, -0.1) is 0 Å². The lowest BCUT2D eigenvalue weighted by Gasteiger charge is -2.14. The molecule has 1 aliphatic heterocycles. The Hall–Kier alpha value is -0.910. The van der Waals surface area contributed by atoms with Crippen LogP contribution in [0.1, 0.15) is 18.4 Å². The van der Waals surface area contributed by atoms with Crippen LogP contribution in [0.2, 0.25) is 0 Å². The molecule has 16 heavy (non-hydrogen) atoms. The Labute approximate surface area is 95.0 Å². The van der Waals surface area contributed by atoms with Crippen molar-refractivity contribution in [2.75, 3.05) is 13.2 Å². The van der Waals surface area contributed by atoms with Gasteiger partial charge in [-0.25, -0.2) is 0 Å². The molecule has 1 unspecified atom stereocenters. The lowest BCUT2D eigenvalue weighted by molar-refractivity contribution is -0.0709. The van der Waals surface area contributed by atoms with Crippen LogP contribution in [-0.4, -0.2) is 40.5 Å². The molecule has 0 saturated carbocycles. The highest BCUT2D eigenvalue weighted by Gasteiger charge is 2.19. The average molecular weight is 226 g/mol. The fraction of sp³-hybridized carbons (Fsp3) is 0.727. The second kappa shape index (κ2) is 5.43. The van der Waals surface area contributed by atoms with E-state index in [2.05, 4.69) is 5.10 Å². The van der Waals surface area contributed by atoms with E-state index in [-0.39, 0.29) is 12.4 Å². The first-order valence-corrected chi connectivity index (χ1v) is 5.63. The molecule has 1 N–H and O–H groups in total. The van der Waals surface area contributed by atoms with Crippen LogP contribution in [0.25, 0.3) is 0 Å². The minimum absolute atomic E-state index is 0.219. The molecule has 5 nitrogen and oxygen atoms in total. The van der Waals surface area contributed by atoms with Crippen LogP contribution in [0.5, 0.6) is 0 Å². The largest absolute Gasteiger partial charge is 0.393 e. The van der Waals surface area contributed by atoms with Crippen LogP contribution in [0.3, 0.4) is 0 Å². The summed E-state index contributed by atoms with van der Waals surface area (Å²) in [5, 5.41) is 13.9. The number of ether oxygens (including phenoxy) is 2. The standard InChI is InChI=1S/C11H18N2O3/c1-13-8-9(7-12-13)2-3-10(14)6-11-15-4-5-16-11/h7-8,10-11,14H,2-6H2,1H3. The van der Waals surface area contributed by atoms with Gasteiger partial charge in [0.25, 0.3) is 0 Å². The van der Waals surface area contributed by atoms with Gasteiger partial charge < -0.3 is 14.6 Å². The number of aliphatic hydroxyl groups is 1. The Kier molecular flexibility index (Phi) is 3.93. The summed E-state index contributed by atoms with van der Waals surface area (Å²) in [6, 6.07) is 0. The lowest BCUT2D eigenvalue weighted by Crippen LogP contribution is -2.18. The fourth-order valence-corrected chi connectivity index (χ4v) is 1.82. The Morgan fingerprint density at radius 1 is 1.56 bits per heavy atom. The van der Waals surface area contributed by atoms with Crippen LogP contribution in [-0.2, 0) is 22.9 Å². The summed E-state index contributed by atoms with van der Waals surface area (Å²) in [5.41, 5.74) is 1.15. The first kappa shape index (κ1) is 11.6. The monoisotopic (exact) mass is 226 g/mol. The van der Waals surface area contributed by atoms with Gasteiger partial charge in [0.2, 0.25) is 0 Å². The van der Waals surface area contributed by atoms with Crippen molar-refractivity contribution in [3.63, 3.8) is 0 Å². The molecule has 0 amide bonds. The number of aromatic nitrogens is 2. The van der Waals surface area contributed by atoms with E-state index >= 15 is 0 Å². The Morgan fingerprint density at radius 2 is 2.31 bits per heavy atom. The molecule has 0 bridgehead atoms. The Morgan fingerprint density at radius 3 is 2.94 bits per heavy atom. The third kappa shape index (κ3) is 3.30. The lowest BCUT2D eigenvalue weighted by atomic mass is 10.1. The molecule has 0 aliphatic carbocycles. The number of hydrogen-bond donors (Lipinski definition) is 1. The van der Waals surface area contributed by atoms with Gasteiger partial charge in [-0.3, -0.25) is 4.68 Å². The minimum Gasteiger partial charge on any atom is -0.393 e. The molecular weight excluding hydrogens is 208 g/mol. The van der Waals surface area contributed by atoms with Crippen molar-refractivity contribution < 1.29 is 14.6 Å². The van der Waals surface area contributed by atoms with Gasteiger partial charge in [-0.1, -0.05) is 0 Å². The van der Waals surface area contributed by atoms with Crippen molar-refractivity contribution in [2.24, 2.45) is 7.05 Å². The molecule has 0 spiro atoms. The Balaban J connectivity index is 1.68. The highest BCUT2D eigenvalue weighted by molar-refractivity contribution is 5.03. The fourth-order valence-electron chi connectivity index (χ4n) is 1.82. The second-order valence-corrected chi connectivity index (χ2v) is 4.12. The molecule has 1 aliphatic rings. The molecule has 1 fully saturated rings. The van der Waals surface area contributed by atoms with Gasteiger partial charge >= 0.3 is 0 Å². The quantitative estimate of drug-likeness (QED) is 0.793. The van der Waals surface area contributed by atoms with Crippen molar-refractivity contribution in [3.8, 4) is 0 Å². The topological polar surface area (TPSA) is 56.5 Å². The molecular formula is C11H18N2O3. The molecule has 1 atom stereocenters. The van der Waals surface area contributed by atoms with Gasteiger partial charge in [0.1, 0.15) is 0 Å². The Bertz CT molecular complexity index is 321. The molecule has 90 valence electrons. The third-order valence-electron chi connectivity index (χ3n) is 2.68. The molecule has 1 aromatic heterocycles. The molecule has 2 rings (SSSR count). The molecule has 5 heteroatoms. The highest BCUT2D eigenvalue weighted by Crippen LogP contribution is 2.14. The SMILES string of the molecule is Cn1cc(CCC(O)CC2OCCO2)cn1. The number of aliphatic hydroxyl groups excluding tert-OH is 1. The van der Waals surface area contributed by atoms with Crippen molar-refractivity contribution in [1.29, 1.82) is 0 Å². The van der Waals surface area contributed by atoms with Crippen LogP contribution < -0.4 is 0 Å². The van der Waals surface area contributed by atoms with Crippen molar-refractivity contribution in [2.45, 2.75) is 31.7 Å². The summed E-state index contributed by atoms with van der Waals surface area (Å²) < 4.78 is 12.3. The minimum atomic E-state index is -0.372. The van der Waals surface area contributed by atoms with Crippen LogP contribution in [0.4, 0.5) is 0 Å². The first-order chi connectivity index (χ1) is 7.74. The van der Waals surface area contributed by atoms with Gasteiger partial charge in [0.05, 0.1) is 25.5 Å². The predicted octanol–water partition coefficient (Wildman–Crippen LogP) is 0.477. The van der Waals surface area contributed by atoms with Gasteiger partial charge in [-0.05, 0) is 18.4 Å². The van der Waals surface area contributed by atoms with Crippen molar-refractivity contribution >= 4 is 0 Å². The number of aryl methyl sites for hydroxylation is 2. The van der Waals surface area contributed by atoms with Gasteiger partial charge in [-0.2, -0.15) is 5.10 Å². The van der Waals surface area contributed by atoms with E-state index in [1.165, 1.54) is 0 Å². The van der Waals surface area contributed by atoms with E-state index in [0.717, 1.165) is 18.4 Å². The van der Waals surface area contributed by atoms with E-state index in [9.17, 15) is 5.11 Å². The smallest absolute Gasteiger partial charge is 0.160 e. The highest BCUT2D eigenvalue weighted by atomic mass is 16.7. The normalized spacial score (nSPS) is 19.1. The maximum Gasteiger partial charge on any atom is 0.160 e. The van der Waals surface area contributed by atoms with E-state index in [1.54, 1.807) is 4.68 Å². The third-order valence-corrected chi connectivity index (χ3v) is 2.68. The summed E-state index contributed by atoms with van der Waals surface area (Å²) in [4.78, 5) is 0. The average Bonchev–Trinajstić information content (AvgIpc) is 2.87. The van der Waals surface area contributed by atoms with Crippen molar-refractivity contribution in [1.82, 2.24) is 9.78 Å².